The fourth-order valence-electron chi connectivity index (χ4n) is 17.5. The van der Waals surface area contributed by atoms with Gasteiger partial charge in [-0.15, -0.1) is 0 Å². The second-order valence-electron chi connectivity index (χ2n) is 37.9. The molecule has 0 spiro atoms. The first kappa shape index (κ1) is 103. The summed E-state index contributed by atoms with van der Waals surface area (Å²) in [4.78, 5) is 210. The summed E-state index contributed by atoms with van der Waals surface area (Å²) in [5, 5.41) is 0. The average Bonchev–Trinajstić information content (AvgIpc) is 1.64. The third-order valence-electron chi connectivity index (χ3n) is 25.7. The van der Waals surface area contributed by atoms with Crippen LogP contribution in [0.4, 0.5) is 0 Å². The summed E-state index contributed by atoms with van der Waals surface area (Å²) in [5.41, 5.74) is -7.04. The first-order valence-corrected chi connectivity index (χ1v) is 43.5. The maximum absolute atomic E-state index is 12.4. The quantitative estimate of drug-likeness (QED) is 0.0419. The van der Waals surface area contributed by atoms with Crippen LogP contribution in [0.2, 0.25) is 0 Å². The topological polar surface area (TPSA) is 473 Å². The number of carbonyl (C=O) groups is 18. The molecule has 7 aliphatic carbocycles. The van der Waals surface area contributed by atoms with Gasteiger partial charge in [-0.05, 0) is 194 Å². The zero-order valence-electron chi connectivity index (χ0n) is 76.6. The maximum Gasteiger partial charge on any atom is 0.350 e. The van der Waals surface area contributed by atoms with E-state index in [-0.39, 0.29) is 175 Å². The van der Waals surface area contributed by atoms with Gasteiger partial charge in [-0.3, -0.25) is 43.2 Å². The van der Waals surface area contributed by atoms with Gasteiger partial charge in [0, 0.05) is 77.9 Å². The molecule has 0 N–H and O–H groups in total. The molecule has 0 radical (unpaired) electrons. The van der Waals surface area contributed by atoms with Gasteiger partial charge in [-0.25, -0.2) is 43.2 Å². The lowest BCUT2D eigenvalue weighted by molar-refractivity contribution is -0.224. The molecule has 0 amide bonds. The molecule has 0 aromatic heterocycles. The molecular formula is C93H124O36. The van der Waals surface area contributed by atoms with Gasteiger partial charge in [0.2, 0.25) is 16.8 Å². The monoisotopic (exact) mass is 1820 g/mol. The Morgan fingerprint density at radius 1 is 0.419 bits per heavy atom. The first-order valence-electron chi connectivity index (χ1n) is 43.5. The van der Waals surface area contributed by atoms with Gasteiger partial charge in [0.15, 0.2) is 0 Å². The number of hydrogen-bond donors (Lipinski definition) is 0. The van der Waals surface area contributed by atoms with Gasteiger partial charge in [-0.1, -0.05) is 39.5 Å². The van der Waals surface area contributed by atoms with E-state index in [1.54, 1.807) is 34.6 Å². The van der Waals surface area contributed by atoms with Crippen molar-refractivity contribution in [3.8, 4) is 0 Å². The van der Waals surface area contributed by atoms with E-state index < -0.39 is 129 Å². The largest absolute Gasteiger partial charge is 0.465 e. The van der Waals surface area contributed by atoms with Crippen LogP contribution in [0.1, 0.15) is 239 Å². The lowest BCUT2D eigenvalue weighted by Gasteiger charge is -2.48. The lowest BCUT2D eigenvalue weighted by Crippen LogP contribution is -2.58. The summed E-state index contributed by atoms with van der Waals surface area (Å²) in [5.74, 6) is -8.06. The van der Waals surface area contributed by atoms with Crippen molar-refractivity contribution in [2.24, 2.45) is 53.3 Å². The van der Waals surface area contributed by atoms with Gasteiger partial charge >= 0.3 is 107 Å². The van der Waals surface area contributed by atoms with E-state index >= 15 is 0 Å². The fraction of sp³-hybridized carbons (Fsp3) is 0.677. The van der Waals surface area contributed by atoms with E-state index in [2.05, 4.69) is 39.5 Å². The standard InChI is InChI=1S/C17H22O6.2C16H22O6.2C15H20O6.C14H18O6/c1-8(2)14(18)23-17(3,4)16(20)22-12-6-9-5-10(12)13-11(9)7-21-15(13)19;1-9(2)12(17)21-15(3,4)14(19)20-11-8-10-6-7-16(11,5)22-13(10)18;1-6-11(17)20-14(2,3)13(19)22-15(4)8-7-10-9-16(15,5)21-12(10)18;1-9(2)13(17)19-7-5-12(16)21-15(3)6-4-10-8-11(15)20-14(10)18;1-9(2)13(17)19-7-6-12(16)20-11-5-4-10-8-15(11,3)21-14(10)18;1-8(2)13(16)18-6-5-12(15)19-10-4-3-9-7-11(10)20-14(9)17/h9-13H,1,5-7H2,2-4H3;10-11H,1,6-8H2,2-5H3;6,10H,1,7-9H2,2-5H3;2*10-11H,1,4-8H2,2-3H3;9-11H,1,3-7H2,2H3. The van der Waals surface area contributed by atoms with E-state index in [1.165, 1.54) is 76.2 Å². The molecule has 14 aliphatic rings. The van der Waals surface area contributed by atoms with Crippen molar-refractivity contribution < 1.29 is 172 Å². The number of fused-ring (bicyclic) bond motifs is 16. The van der Waals surface area contributed by atoms with Crippen molar-refractivity contribution in [2.75, 3.05) is 26.4 Å². The summed E-state index contributed by atoms with van der Waals surface area (Å²) in [6.07, 6.45) is 9.51. The Morgan fingerprint density at radius 2 is 0.891 bits per heavy atom. The summed E-state index contributed by atoms with van der Waals surface area (Å²) < 4.78 is 94.4. The van der Waals surface area contributed by atoms with E-state index in [1.807, 2.05) is 0 Å². The molecule has 36 nitrogen and oxygen atoms in total. The molecule has 7 saturated carbocycles. The number of esters is 18. The number of ether oxygens (including phenoxy) is 18. The van der Waals surface area contributed by atoms with Crippen molar-refractivity contribution in [1.82, 2.24) is 0 Å². The Kier molecular flexibility index (Phi) is 33.4. The minimum atomic E-state index is -1.44. The molecule has 0 aromatic rings. The molecule has 14 rings (SSSR count). The number of carbonyl (C=O) groups excluding carboxylic acids is 18. The first-order chi connectivity index (χ1) is 59.9. The molecular weight excluding hydrogens is 1690 g/mol. The third kappa shape index (κ3) is 25.7. The second-order valence-corrected chi connectivity index (χ2v) is 37.9. The summed E-state index contributed by atoms with van der Waals surface area (Å²) >= 11 is 0. The van der Waals surface area contributed by atoms with Crippen LogP contribution in [0, 0.1) is 53.3 Å². The van der Waals surface area contributed by atoms with Gasteiger partial charge in [-0.2, -0.15) is 0 Å². The highest BCUT2D eigenvalue weighted by atomic mass is 16.7. The summed E-state index contributed by atoms with van der Waals surface area (Å²) in [6.45, 7) is 46.3. The predicted octanol–water partition coefficient (Wildman–Crippen LogP) is 9.63. The molecule has 7 aliphatic heterocycles. The lowest BCUT2D eigenvalue weighted by atomic mass is 9.71. The van der Waals surface area contributed by atoms with Crippen molar-refractivity contribution >= 4 is 107 Å². The SMILES string of the molecule is C=C(C)C(=O)OC(C)(C)C(=O)OC1CC2CC1C1C(=O)OCC21.C=C(C)C(=O)OC(C)(C)C(=O)OC1CC2CCC1(C)OC2=O.C=C(C)C(=O)OCCC(=O)OC1(C)CCC2CC1OC2=O.C=C(C)C(=O)OCCC(=O)OC1CCC2CC1(C)OC2=O.C=C(C)C(=O)OCCC(=O)OC1CCC2CC1OC2=O.C=CC(=O)OC(C)(C)C(=O)OC1(C)CCC2CC1(C)OC2=O. The Labute approximate surface area is 749 Å². The fourth-order valence-corrected chi connectivity index (χ4v) is 17.5. The van der Waals surface area contributed by atoms with Crippen molar-refractivity contribution in [1.29, 1.82) is 0 Å². The van der Waals surface area contributed by atoms with E-state index in [4.69, 9.17) is 85.3 Å². The highest BCUT2D eigenvalue weighted by molar-refractivity contribution is 5.93. The van der Waals surface area contributed by atoms with Crippen LogP contribution in [0.5, 0.6) is 0 Å². The van der Waals surface area contributed by atoms with Crippen LogP contribution in [0.15, 0.2) is 73.4 Å². The Morgan fingerprint density at radius 3 is 1.44 bits per heavy atom. The molecule has 0 aromatic carbocycles. The second kappa shape index (κ2) is 41.8. The van der Waals surface area contributed by atoms with Crippen LogP contribution in [0.25, 0.3) is 0 Å². The molecule has 7 saturated heterocycles. The minimum Gasteiger partial charge on any atom is -0.465 e. The number of cyclic esters (lactones) is 1. The molecule has 12 bridgehead atoms. The van der Waals surface area contributed by atoms with Gasteiger partial charge in [0.05, 0.1) is 61.4 Å². The Balaban J connectivity index is 0.000000191. The van der Waals surface area contributed by atoms with Crippen LogP contribution >= 0.6 is 0 Å². The Hall–Kier alpha value is -11.1. The predicted molar refractivity (Wildman–Crippen MR) is 444 cm³/mol. The van der Waals surface area contributed by atoms with Crippen LogP contribution in [-0.4, -0.2) is 215 Å². The van der Waals surface area contributed by atoms with E-state index in [0.717, 1.165) is 25.3 Å². The highest BCUT2D eigenvalue weighted by Crippen LogP contribution is 2.57. The van der Waals surface area contributed by atoms with Crippen molar-refractivity contribution in [3.63, 3.8) is 0 Å². The maximum atomic E-state index is 12.4. The summed E-state index contributed by atoms with van der Waals surface area (Å²) in [6, 6.07) is 0. The molecule has 20 atom stereocenters. The van der Waals surface area contributed by atoms with Crippen LogP contribution in [0.3, 0.4) is 0 Å². The smallest absolute Gasteiger partial charge is 0.350 e. The Bertz CT molecular complexity index is 4480. The molecule has 36 heteroatoms. The zero-order chi connectivity index (χ0) is 96.3. The van der Waals surface area contributed by atoms with Gasteiger partial charge in [0.25, 0.3) is 0 Å². The molecule has 14 fully saturated rings. The number of hydrogen-bond acceptors (Lipinski definition) is 36. The molecule has 7 heterocycles. The molecule has 129 heavy (non-hydrogen) atoms. The van der Waals surface area contributed by atoms with E-state index in [9.17, 15) is 86.3 Å². The van der Waals surface area contributed by atoms with E-state index in [0.29, 0.717) is 102 Å². The minimum absolute atomic E-state index is 0.0143. The highest BCUT2D eigenvalue weighted by Gasteiger charge is 2.64. The zero-order valence-corrected chi connectivity index (χ0v) is 76.6. The average molecular weight is 1820 g/mol. The molecule has 712 valence electrons. The van der Waals surface area contributed by atoms with Crippen molar-refractivity contribution in [3.05, 3.63) is 73.4 Å². The van der Waals surface area contributed by atoms with Gasteiger partial charge in [0.1, 0.15) is 84.4 Å². The third-order valence-corrected chi connectivity index (χ3v) is 25.7. The van der Waals surface area contributed by atoms with Crippen LogP contribution in [-0.2, 0) is 172 Å². The van der Waals surface area contributed by atoms with Crippen molar-refractivity contribution in [2.45, 2.75) is 321 Å². The van der Waals surface area contributed by atoms with Crippen LogP contribution < -0.4 is 0 Å². The van der Waals surface area contributed by atoms with Gasteiger partial charge < -0.3 is 85.3 Å². The summed E-state index contributed by atoms with van der Waals surface area (Å²) in [7, 11) is 0. The molecule has 20 unspecified atom stereocenters. The normalized spacial score (nSPS) is 31.4. The number of rotatable bonds is 27.